The van der Waals surface area contributed by atoms with Gasteiger partial charge in [-0.2, -0.15) is 0 Å². The molecule has 0 saturated carbocycles. The van der Waals surface area contributed by atoms with Crippen LogP contribution in [-0.2, 0) is 0 Å². The molecule has 8 heavy (non-hydrogen) atoms. The second-order valence-electron chi connectivity index (χ2n) is 1.34. The molecule has 0 bridgehead atoms. The van der Waals surface area contributed by atoms with E-state index in [9.17, 15) is 8.78 Å². The van der Waals surface area contributed by atoms with Gasteiger partial charge in [-0.3, -0.25) is 0 Å². The highest BCUT2D eigenvalue weighted by atomic mass is 79.9. The van der Waals surface area contributed by atoms with E-state index in [1.54, 1.807) is 0 Å². The molecule has 0 spiro atoms. The quantitative estimate of drug-likeness (QED) is 0.676. The summed E-state index contributed by atoms with van der Waals surface area (Å²) in [7, 11) is 0. The third-order valence-corrected chi connectivity index (χ3v) is 1.92. The number of rotatable bonds is 3. The van der Waals surface area contributed by atoms with Crippen molar-refractivity contribution in [3.8, 4) is 0 Å². The molecule has 2 unspecified atom stereocenters. The molecule has 0 aromatic carbocycles. The van der Waals surface area contributed by atoms with Crippen LogP contribution >= 0.6 is 31.9 Å². The van der Waals surface area contributed by atoms with Crippen molar-refractivity contribution in [2.45, 2.75) is 12.3 Å². The predicted octanol–water partition coefficient (Wildman–Crippen LogP) is 2.45. The van der Waals surface area contributed by atoms with Gasteiger partial charge < -0.3 is 0 Å². The van der Waals surface area contributed by atoms with E-state index >= 15 is 0 Å². The first-order chi connectivity index (χ1) is 3.72. The third-order valence-electron chi connectivity index (χ3n) is 0.687. The lowest BCUT2D eigenvalue weighted by molar-refractivity contribution is 0.209. The summed E-state index contributed by atoms with van der Waals surface area (Å²) in [6, 6.07) is 0. The van der Waals surface area contributed by atoms with Crippen LogP contribution in [-0.4, -0.2) is 23.0 Å². The van der Waals surface area contributed by atoms with Gasteiger partial charge in [0.25, 0.3) is 0 Å². The van der Waals surface area contributed by atoms with Crippen LogP contribution < -0.4 is 0 Å². The molecule has 0 amide bonds. The Hall–Kier alpha value is 0.820. The molecule has 0 heterocycles. The summed E-state index contributed by atoms with van der Waals surface area (Å²) in [4.78, 5) is 0. The van der Waals surface area contributed by atoms with Crippen LogP contribution in [0.15, 0.2) is 0 Å². The highest BCUT2D eigenvalue weighted by Crippen LogP contribution is 2.08. The lowest BCUT2D eigenvalue weighted by Gasteiger charge is -2.05. The Bertz CT molecular complexity index is 52.0. The van der Waals surface area contributed by atoms with E-state index < -0.39 is 12.3 Å². The summed E-state index contributed by atoms with van der Waals surface area (Å²) in [6.45, 7) is 0. The summed E-state index contributed by atoms with van der Waals surface area (Å²) < 4.78 is 24.1. The van der Waals surface area contributed by atoms with Crippen molar-refractivity contribution < 1.29 is 8.78 Å². The van der Waals surface area contributed by atoms with Crippen LogP contribution in [0, 0.1) is 0 Å². The molecule has 50 valence electrons. The van der Waals surface area contributed by atoms with E-state index in [1.807, 2.05) is 0 Å². The summed E-state index contributed by atoms with van der Waals surface area (Å²) in [5, 5.41) is 0.138. The monoisotopic (exact) mass is 250 g/mol. The highest BCUT2D eigenvalue weighted by molar-refractivity contribution is 9.09. The SMILES string of the molecule is FC(CBr)C(F)CBr. The zero-order valence-electron chi connectivity index (χ0n) is 4.08. The number of hydrogen-bond acceptors (Lipinski definition) is 0. The molecule has 0 aromatic heterocycles. The Morgan fingerprint density at radius 1 is 1.00 bits per heavy atom. The Morgan fingerprint density at radius 3 is 1.38 bits per heavy atom. The molecule has 0 fully saturated rings. The van der Waals surface area contributed by atoms with Crippen molar-refractivity contribution in [2.75, 3.05) is 10.7 Å². The summed E-state index contributed by atoms with van der Waals surface area (Å²) >= 11 is 5.64. The van der Waals surface area contributed by atoms with Crippen LogP contribution in [0.1, 0.15) is 0 Å². The van der Waals surface area contributed by atoms with Crippen LogP contribution in [0.3, 0.4) is 0 Å². The molecule has 0 rings (SSSR count). The second kappa shape index (κ2) is 4.68. The largest absolute Gasteiger partial charge is 0.243 e. The Morgan fingerprint density at radius 2 is 1.25 bits per heavy atom. The molecule has 0 aliphatic heterocycles. The molecular formula is C4H6Br2F2. The van der Waals surface area contributed by atoms with E-state index in [1.165, 1.54) is 0 Å². The molecule has 0 aliphatic rings. The van der Waals surface area contributed by atoms with Gasteiger partial charge in [-0.15, -0.1) is 0 Å². The van der Waals surface area contributed by atoms with Gasteiger partial charge in [0, 0.05) is 10.7 Å². The van der Waals surface area contributed by atoms with E-state index in [4.69, 9.17) is 0 Å². The second-order valence-corrected chi connectivity index (χ2v) is 2.64. The maximum Gasteiger partial charge on any atom is 0.142 e. The predicted molar refractivity (Wildman–Crippen MR) is 37.4 cm³/mol. The Labute approximate surface area is 63.9 Å². The zero-order valence-corrected chi connectivity index (χ0v) is 7.25. The van der Waals surface area contributed by atoms with Crippen molar-refractivity contribution in [2.24, 2.45) is 0 Å². The molecule has 0 radical (unpaired) electrons. The molecule has 2 atom stereocenters. The van der Waals surface area contributed by atoms with Crippen molar-refractivity contribution >= 4 is 31.9 Å². The van der Waals surface area contributed by atoms with Gasteiger partial charge in [0.1, 0.15) is 12.3 Å². The fourth-order valence-corrected chi connectivity index (χ4v) is 1.00. The van der Waals surface area contributed by atoms with Crippen molar-refractivity contribution in [3.63, 3.8) is 0 Å². The van der Waals surface area contributed by atoms with E-state index in [0.717, 1.165) is 0 Å². The van der Waals surface area contributed by atoms with Gasteiger partial charge in [-0.1, -0.05) is 31.9 Å². The summed E-state index contributed by atoms with van der Waals surface area (Å²) in [5.41, 5.74) is 0. The minimum absolute atomic E-state index is 0.0692. The van der Waals surface area contributed by atoms with Crippen molar-refractivity contribution in [3.05, 3.63) is 0 Å². The van der Waals surface area contributed by atoms with Crippen molar-refractivity contribution in [1.29, 1.82) is 0 Å². The number of alkyl halides is 4. The average Bonchev–Trinajstić information content (AvgIpc) is 1.84. The van der Waals surface area contributed by atoms with Gasteiger partial charge >= 0.3 is 0 Å². The number of halogens is 4. The summed E-state index contributed by atoms with van der Waals surface area (Å²) in [6.07, 6.45) is -2.76. The van der Waals surface area contributed by atoms with Gasteiger partial charge in [0.2, 0.25) is 0 Å². The standard InChI is InChI=1S/C4H6Br2F2/c5-1-3(7)4(8)2-6/h3-4H,1-2H2. The van der Waals surface area contributed by atoms with E-state index in [0.29, 0.717) is 0 Å². The lowest BCUT2D eigenvalue weighted by atomic mass is 10.3. The van der Waals surface area contributed by atoms with Crippen LogP contribution in [0.2, 0.25) is 0 Å². The topological polar surface area (TPSA) is 0 Å². The van der Waals surface area contributed by atoms with Gasteiger partial charge in [-0.25, -0.2) is 8.78 Å². The molecule has 0 N–H and O–H groups in total. The zero-order chi connectivity index (χ0) is 6.57. The first-order valence-electron chi connectivity index (χ1n) is 2.12. The molecule has 0 nitrogen and oxygen atoms in total. The van der Waals surface area contributed by atoms with Gasteiger partial charge in [0.15, 0.2) is 0 Å². The lowest BCUT2D eigenvalue weighted by Crippen LogP contribution is -2.19. The van der Waals surface area contributed by atoms with Gasteiger partial charge in [0.05, 0.1) is 0 Å². The smallest absolute Gasteiger partial charge is 0.142 e. The van der Waals surface area contributed by atoms with Crippen LogP contribution in [0.5, 0.6) is 0 Å². The van der Waals surface area contributed by atoms with Crippen LogP contribution in [0.4, 0.5) is 8.78 Å². The first kappa shape index (κ1) is 8.82. The minimum Gasteiger partial charge on any atom is -0.243 e. The Kier molecular flexibility index (Phi) is 5.15. The van der Waals surface area contributed by atoms with E-state index in [2.05, 4.69) is 31.9 Å². The molecule has 0 saturated heterocycles. The normalized spacial score (nSPS) is 18.0. The molecular weight excluding hydrogens is 246 g/mol. The van der Waals surface area contributed by atoms with Crippen molar-refractivity contribution in [1.82, 2.24) is 0 Å². The minimum atomic E-state index is -1.38. The maximum absolute atomic E-state index is 12.1. The van der Waals surface area contributed by atoms with E-state index in [-0.39, 0.29) is 10.7 Å². The third kappa shape index (κ3) is 2.97. The fourth-order valence-electron chi connectivity index (χ4n) is 0.193. The Balaban J connectivity index is 3.29. The summed E-state index contributed by atoms with van der Waals surface area (Å²) in [5.74, 6) is 0. The van der Waals surface area contributed by atoms with Gasteiger partial charge in [-0.05, 0) is 0 Å². The molecule has 0 aromatic rings. The fraction of sp³-hybridized carbons (Fsp3) is 1.00. The number of hydrogen-bond donors (Lipinski definition) is 0. The first-order valence-corrected chi connectivity index (χ1v) is 4.36. The van der Waals surface area contributed by atoms with Crippen LogP contribution in [0.25, 0.3) is 0 Å². The highest BCUT2D eigenvalue weighted by Gasteiger charge is 2.16. The molecule has 0 aliphatic carbocycles. The molecule has 4 heteroatoms. The average molecular weight is 252 g/mol. The maximum atomic E-state index is 12.1.